The molecular weight excluding hydrogens is 386 g/mol. The van der Waals surface area contributed by atoms with E-state index in [1.165, 1.54) is 21.7 Å². The number of hydrogen-bond acceptors (Lipinski definition) is 4. The molecule has 1 saturated heterocycles. The van der Waals surface area contributed by atoms with Crippen LogP contribution < -0.4 is 10.6 Å². The van der Waals surface area contributed by atoms with E-state index in [4.69, 9.17) is 0 Å². The van der Waals surface area contributed by atoms with Crippen molar-refractivity contribution in [1.29, 1.82) is 0 Å². The summed E-state index contributed by atoms with van der Waals surface area (Å²) in [5.41, 5.74) is 6.13. The highest BCUT2D eigenvalue weighted by molar-refractivity contribution is 7.97. The second kappa shape index (κ2) is 8.32. The highest BCUT2D eigenvalue weighted by Crippen LogP contribution is 2.46. The van der Waals surface area contributed by atoms with Crippen LogP contribution in [0.25, 0.3) is 0 Å². The Bertz CT molecular complexity index is 915. The molecule has 2 heterocycles. The minimum atomic E-state index is 0.207. The number of benzene rings is 1. The molecule has 1 atom stereocenters. The third-order valence-electron chi connectivity index (χ3n) is 6.40. The van der Waals surface area contributed by atoms with Gasteiger partial charge in [0.1, 0.15) is 5.82 Å². The summed E-state index contributed by atoms with van der Waals surface area (Å²) < 4.78 is 2.56. The fourth-order valence-corrected chi connectivity index (χ4v) is 5.68. The smallest absolute Gasteiger partial charge is 0.103 e. The van der Waals surface area contributed by atoms with E-state index < -0.39 is 0 Å². The first kappa shape index (κ1) is 21.3. The summed E-state index contributed by atoms with van der Waals surface area (Å²) in [6.07, 6.45) is 11.0. The fraction of sp³-hybridized carbons (Fsp3) is 0.462. The highest BCUT2D eigenvalue weighted by Gasteiger charge is 2.38. The molecule has 2 N–H and O–H groups in total. The van der Waals surface area contributed by atoms with Crippen molar-refractivity contribution >= 4 is 11.9 Å². The van der Waals surface area contributed by atoms with Gasteiger partial charge in [-0.3, -0.25) is 0 Å². The van der Waals surface area contributed by atoms with Gasteiger partial charge in [-0.2, -0.15) is 0 Å². The third kappa shape index (κ3) is 4.70. The van der Waals surface area contributed by atoms with E-state index in [9.17, 15) is 0 Å². The second-order valence-electron chi connectivity index (χ2n) is 10.1. The van der Waals surface area contributed by atoms with Gasteiger partial charge in [0.05, 0.1) is 0 Å². The Hall–Kier alpha value is -1.91. The maximum absolute atomic E-state index is 3.61. The highest BCUT2D eigenvalue weighted by atomic mass is 32.2. The molecule has 160 valence electrons. The molecule has 0 bridgehead atoms. The molecule has 0 saturated carbocycles. The third-order valence-corrected chi connectivity index (χ3v) is 7.45. The number of rotatable bonds is 4. The monoisotopic (exact) mass is 421 g/mol. The Kier molecular flexibility index (Phi) is 5.91. The summed E-state index contributed by atoms with van der Waals surface area (Å²) in [6.45, 7) is 14.6. The van der Waals surface area contributed by atoms with Crippen molar-refractivity contribution in [3.63, 3.8) is 0 Å². The molecule has 1 fully saturated rings. The lowest BCUT2D eigenvalue weighted by Crippen LogP contribution is -2.42. The maximum atomic E-state index is 3.61. The van der Waals surface area contributed by atoms with Crippen LogP contribution in [0.1, 0.15) is 53.0 Å². The molecule has 0 aromatic heterocycles. The van der Waals surface area contributed by atoms with Crippen molar-refractivity contribution in [2.45, 2.75) is 57.8 Å². The molecule has 1 aromatic carbocycles. The quantitative estimate of drug-likeness (QED) is 0.592. The van der Waals surface area contributed by atoms with Gasteiger partial charge in [0.25, 0.3) is 0 Å². The topological polar surface area (TPSA) is 27.3 Å². The van der Waals surface area contributed by atoms with E-state index in [2.05, 4.69) is 98.1 Å². The van der Waals surface area contributed by atoms with Crippen LogP contribution in [0, 0.1) is 5.41 Å². The van der Waals surface area contributed by atoms with Crippen molar-refractivity contribution in [3.8, 4) is 0 Å². The number of allylic oxidation sites excluding steroid dienone is 4. The molecule has 2 aliphatic heterocycles. The van der Waals surface area contributed by atoms with Gasteiger partial charge in [-0.1, -0.05) is 57.6 Å². The summed E-state index contributed by atoms with van der Waals surface area (Å²) in [7, 11) is 0. The van der Waals surface area contributed by atoms with Crippen LogP contribution in [0.5, 0.6) is 0 Å². The largest absolute Gasteiger partial charge is 0.368 e. The number of nitrogens with one attached hydrogen (secondary N) is 2. The molecule has 1 aliphatic carbocycles. The van der Waals surface area contributed by atoms with Gasteiger partial charge in [-0.25, -0.2) is 4.31 Å². The molecule has 3 nitrogen and oxygen atoms in total. The van der Waals surface area contributed by atoms with Gasteiger partial charge < -0.3 is 10.6 Å². The van der Waals surface area contributed by atoms with Gasteiger partial charge in [0.2, 0.25) is 0 Å². The van der Waals surface area contributed by atoms with Gasteiger partial charge >= 0.3 is 0 Å². The van der Waals surface area contributed by atoms with Crippen LogP contribution >= 0.6 is 11.9 Å². The number of piperidine rings is 1. The van der Waals surface area contributed by atoms with Crippen molar-refractivity contribution in [1.82, 2.24) is 14.9 Å². The lowest BCUT2D eigenvalue weighted by atomic mass is 9.70. The molecule has 0 radical (unpaired) electrons. The fourth-order valence-electron chi connectivity index (χ4n) is 4.59. The average molecular weight is 422 g/mol. The number of fused-ring (bicyclic) bond motifs is 1. The summed E-state index contributed by atoms with van der Waals surface area (Å²) in [5, 5.41) is 7.01. The molecule has 0 amide bonds. The van der Waals surface area contributed by atoms with E-state index >= 15 is 0 Å². The van der Waals surface area contributed by atoms with Gasteiger partial charge in [-0.05, 0) is 72.5 Å². The van der Waals surface area contributed by atoms with E-state index in [-0.39, 0.29) is 10.8 Å². The summed E-state index contributed by atoms with van der Waals surface area (Å²) in [5.74, 6) is 1.10. The minimum absolute atomic E-state index is 0.207. The van der Waals surface area contributed by atoms with Crippen LogP contribution in [0.15, 0.2) is 76.1 Å². The lowest BCUT2D eigenvalue weighted by molar-refractivity contribution is 0.242. The van der Waals surface area contributed by atoms with E-state index in [0.29, 0.717) is 0 Å². The Morgan fingerprint density at radius 2 is 1.93 bits per heavy atom. The molecule has 4 heteroatoms. The first-order chi connectivity index (χ1) is 14.2. The first-order valence-corrected chi connectivity index (χ1v) is 11.8. The van der Waals surface area contributed by atoms with Crippen molar-refractivity contribution in [2.75, 3.05) is 19.6 Å². The Balaban J connectivity index is 1.42. The molecular formula is C26H35N3S. The molecule has 1 unspecified atom stereocenters. The first-order valence-electron chi connectivity index (χ1n) is 11.0. The Labute approximate surface area is 186 Å². The van der Waals surface area contributed by atoms with Crippen LogP contribution in [0.3, 0.4) is 0 Å². The van der Waals surface area contributed by atoms with Crippen LogP contribution in [-0.4, -0.2) is 23.9 Å². The standard InChI is InChI=1S/C26H35N3S/c1-19-17-26(5)18-29(30-22-11-9-20(10-12-22)25(2,3)4)15-13-21(26)16-23(19)28-24-8-6-7-14-27-24/h6-12,16,27-28H,13-15,17-18H2,1-5H3. The lowest BCUT2D eigenvalue weighted by Gasteiger charge is -2.44. The summed E-state index contributed by atoms with van der Waals surface area (Å²) in [4.78, 5) is 1.34. The van der Waals surface area contributed by atoms with Crippen LogP contribution in [0.2, 0.25) is 0 Å². The van der Waals surface area contributed by atoms with E-state index in [1.54, 1.807) is 5.57 Å². The molecule has 4 rings (SSSR count). The zero-order valence-corrected chi connectivity index (χ0v) is 19.8. The zero-order chi connectivity index (χ0) is 21.4. The normalized spacial score (nSPS) is 24.7. The van der Waals surface area contributed by atoms with Crippen LogP contribution in [0.4, 0.5) is 0 Å². The number of nitrogens with zero attached hydrogens (tertiary/aromatic N) is 1. The maximum Gasteiger partial charge on any atom is 0.103 e. The van der Waals surface area contributed by atoms with Crippen molar-refractivity contribution < 1.29 is 0 Å². The van der Waals surface area contributed by atoms with E-state index in [0.717, 1.165) is 38.3 Å². The van der Waals surface area contributed by atoms with Gasteiger partial charge in [0.15, 0.2) is 0 Å². The van der Waals surface area contributed by atoms with E-state index in [1.807, 2.05) is 11.9 Å². The second-order valence-corrected chi connectivity index (χ2v) is 11.3. The molecule has 0 spiro atoms. The van der Waals surface area contributed by atoms with Gasteiger partial charge in [0, 0.05) is 35.6 Å². The number of hydrogen-bond donors (Lipinski definition) is 2. The summed E-state index contributed by atoms with van der Waals surface area (Å²) >= 11 is 1.92. The van der Waals surface area contributed by atoms with Gasteiger partial charge in [-0.15, -0.1) is 0 Å². The Morgan fingerprint density at radius 1 is 1.17 bits per heavy atom. The SMILES string of the molecule is CC1=C(NC2=CC=CCN2)C=C2CCN(Sc3ccc(C(C)(C)C)cc3)CC2(C)C1. The van der Waals surface area contributed by atoms with Crippen molar-refractivity contribution in [2.24, 2.45) is 5.41 Å². The average Bonchev–Trinajstić information content (AvgIpc) is 2.69. The molecule has 3 aliphatic rings. The Morgan fingerprint density at radius 3 is 2.60 bits per heavy atom. The zero-order valence-electron chi connectivity index (χ0n) is 19.0. The predicted molar refractivity (Wildman–Crippen MR) is 129 cm³/mol. The molecule has 1 aromatic rings. The predicted octanol–water partition coefficient (Wildman–Crippen LogP) is 5.90. The number of dihydropyridines is 1. The van der Waals surface area contributed by atoms with Crippen LogP contribution in [-0.2, 0) is 5.41 Å². The minimum Gasteiger partial charge on any atom is -0.368 e. The molecule has 30 heavy (non-hydrogen) atoms. The summed E-state index contributed by atoms with van der Waals surface area (Å²) in [6, 6.07) is 9.14. The van der Waals surface area contributed by atoms with Crippen molar-refractivity contribution in [3.05, 3.63) is 76.8 Å².